The maximum Gasteiger partial charge on any atom is 0.189 e. The van der Waals surface area contributed by atoms with Crippen LogP contribution in [0.1, 0.15) is 69.2 Å². The fourth-order valence-corrected chi connectivity index (χ4v) is 11.7. The van der Waals surface area contributed by atoms with Crippen molar-refractivity contribution >= 4 is 11.5 Å². The normalized spacial score (nSPS) is 40.8. The maximum atomic E-state index is 14.7. The number of benzene rings is 2. The standard InChI is InChI=1S/C40H49FN2O4/c1-36-15-12-30(44)24-38(36)18-19-40(32(25-38)35(45)27-4-10-31(47-3)11-5-27)33(36)13-16-37(2)34(40)14-17-39(37,46)26-42-20-22-43(23-21-42)29-8-6-28(41)7-9-29/h4-11,18-19,25,30,33-34,44,46H,12-17,20-24,26H2,1-3H3. The lowest BCUT2D eigenvalue weighted by Crippen LogP contribution is -2.67. The van der Waals surface area contributed by atoms with Crippen LogP contribution in [0.2, 0.25) is 0 Å². The van der Waals surface area contributed by atoms with E-state index in [0.717, 1.165) is 81.7 Å². The molecule has 2 aromatic carbocycles. The Morgan fingerprint density at radius 3 is 2.26 bits per heavy atom. The highest BCUT2D eigenvalue weighted by molar-refractivity contribution is 6.10. The van der Waals surface area contributed by atoms with Gasteiger partial charge in [0.15, 0.2) is 5.78 Å². The van der Waals surface area contributed by atoms with Gasteiger partial charge in [-0.25, -0.2) is 4.39 Å². The van der Waals surface area contributed by atoms with Gasteiger partial charge in [0.1, 0.15) is 11.6 Å². The van der Waals surface area contributed by atoms with Gasteiger partial charge in [0, 0.05) is 65.8 Å². The molecule has 6 nitrogen and oxygen atoms in total. The largest absolute Gasteiger partial charge is 0.497 e. The zero-order valence-electron chi connectivity index (χ0n) is 28.1. The maximum absolute atomic E-state index is 14.7. The van der Waals surface area contributed by atoms with Crippen LogP contribution in [-0.4, -0.2) is 72.4 Å². The molecule has 2 N–H and O–H groups in total. The van der Waals surface area contributed by atoms with Gasteiger partial charge in [-0.1, -0.05) is 32.1 Å². The summed E-state index contributed by atoms with van der Waals surface area (Å²) in [5.74, 6) is 0.978. The Morgan fingerprint density at radius 2 is 1.55 bits per heavy atom. The molecule has 2 spiro atoms. The number of carbonyl (C=O) groups excluding carboxylic acids is 1. The van der Waals surface area contributed by atoms with E-state index in [4.69, 9.17) is 4.74 Å². The fourth-order valence-electron chi connectivity index (χ4n) is 11.7. The number of fused-ring (bicyclic) bond motifs is 1. The Morgan fingerprint density at radius 1 is 0.894 bits per heavy atom. The lowest BCUT2D eigenvalue weighted by Gasteiger charge is -2.71. The molecule has 8 unspecified atom stereocenters. The predicted octanol–water partition coefficient (Wildman–Crippen LogP) is 6.43. The van der Waals surface area contributed by atoms with Gasteiger partial charge in [0.2, 0.25) is 0 Å². The van der Waals surface area contributed by atoms with Crippen molar-refractivity contribution in [3.8, 4) is 5.75 Å². The smallest absolute Gasteiger partial charge is 0.189 e. The molecule has 1 heterocycles. The van der Waals surface area contributed by atoms with Gasteiger partial charge in [-0.05, 0) is 111 Å². The molecule has 1 saturated heterocycles. The number of allylic oxidation sites excluding steroid dienone is 4. The number of hydrogen-bond donors (Lipinski definition) is 2. The number of carbonyl (C=O) groups is 1. The molecular formula is C40H49FN2O4. The lowest BCUT2D eigenvalue weighted by molar-refractivity contribution is -0.176. The molecule has 47 heavy (non-hydrogen) atoms. The Bertz CT molecular complexity index is 1620. The van der Waals surface area contributed by atoms with E-state index in [1.165, 1.54) is 12.1 Å². The van der Waals surface area contributed by atoms with Crippen LogP contribution in [0, 0.1) is 39.3 Å². The van der Waals surface area contributed by atoms with Crippen molar-refractivity contribution in [2.75, 3.05) is 44.7 Å². The number of piperazine rings is 1. The van der Waals surface area contributed by atoms with E-state index in [1.54, 1.807) is 7.11 Å². The first-order valence-corrected chi connectivity index (χ1v) is 17.7. The second-order valence-electron chi connectivity index (χ2n) is 16.1. The molecule has 0 radical (unpaired) electrons. The number of methoxy groups -OCH3 is 1. The van der Waals surface area contributed by atoms with Crippen LogP contribution < -0.4 is 9.64 Å². The van der Waals surface area contributed by atoms with Crippen molar-refractivity contribution in [3.05, 3.63) is 83.7 Å². The SMILES string of the molecule is COc1ccc(C(=O)C2=CC34C=CC25C(CCC2(C)C5CCC2(O)CN2CCN(c5ccc(F)cc5)CC2)C3(C)CCC(O)C4)cc1. The van der Waals surface area contributed by atoms with E-state index in [2.05, 4.69) is 41.9 Å². The Balaban J connectivity index is 1.12. The van der Waals surface area contributed by atoms with E-state index in [-0.39, 0.29) is 45.8 Å². The summed E-state index contributed by atoms with van der Waals surface area (Å²) >= 11 is 0. The number of aliphatic hydroxyl groups excluding tert-OH is 1. The van der Waals surface area contributed by atoms with Gasteiger partial charge in [0.05, 0.1) is 18.8 Å². The average Bonchev–Trinajstić information content (AvgIpc) is 3.35. The third-order valence-corrected chi connectivity index (χ3v) is 14.4. The highest BCUT2D eigenvalue weighted by Crippen LogP contribution is 2.78. The zero-order valence-corrected chi connectivity index (χ0v) is 28.1. The Hall–Kier alpha value is -3.00. The number of Topliss-reactive ketones (excluding diaryl/α,β-unsaturated/α-hetero) is 1. The number of nitrogens with zero attached hydrogens (tertiary/aromatic N) is 2. The van der Waals surface area contributed by atoms with E-state index >= 15 is 0 Å². The summed E-state index contributed by atoms with van der Waals surface area (Å²) in [7, 11) is 1.64. The molecule has 0 amide bonds. The summed E-state index contributed by atoms with van der Waals surface area (Å²) in [5.41, 5.74) is 0.502. The summed E-state index contributed by atoms with van der Waals surface area (Å²) in [6, 6.07) is 14.2. The van der Waals surface area contributed by atoms with Gasteiger partial charge >= 0.3 is 0 Å². The molecule has 6 aliphatic carbocycles. The highest BCUT2D eigenvalue weighted by Gasteiger charge is 2.74. The van der Waals surface area contributed by atoms with Crippen molar-refractivity contribution in [2.24, 2.45) is 33.5 Å². The molecule has 7 aliphatic rings. The number of halogens is 1. The van der Waals surface area contributed by atoms with E-state index < -0.39 is 11.0 Å². The average molecular weight is 641 g/mol. The third kappa shape index (κ3) is 4.34. The Kier molecular flexibility index (Phi) is 7.15. The summed E-state index contributed by atoms with van der Waals surface area (Å²) in [6.45, 7) is 8.74. The first-order chi connectivity index (χ1) is 22.5. The second kappa shape index (κ2) is 10.8. The van der Waals surface area contributed by atoms with Gasteiger partial charge in [0.25, 0.3) is 0 Å². The first kappa shape index (κ1) is 31.3. The zero-order chi connectivity index (χ0) is 32.8. The van der Waals surface area contributed by atoms with Crippen LogP contribution in [-0.2, 0) is 0 Å². The minimum absolute atomic E-state index is 0.0522. The molecule has 7 heteroatoms. The summed E-state index contributed by atoms with van der Waals surface area (Å²) in [4.78, 5) is 19.5. The van der Waals surface area contributed by atoms with Crippen molar-refractivity contribution in [1.29, 1.82) is 0 Å². The Labute approximate surface area is 278 Å². The van der Waals surface area contributed by atoms with Crippen molar-refractivity contribution in [3.63, 3.8) is 0 Å². The minimum atomic E-state index is -0.868. The molecule has 1 aliphatic heterocycles. The molecule has 9 rings (SSSR count). The van der Waals surface area contributed by atoms with Crippen molar-refractivity contribution in [2.45, 2.75) is 70.5 Å². The van der Waals surface area contributed by atoms with Crippen LogP contribution in [0.3, 0.4) is 0 Å². The number of aliphatic hydroxyl groups is 2. The summed E-state index contributed by atoms with van der Waals surface area (Å²) in [6.07, 6.45) is 12.6. The number of rotatable bonds is 6. The molecule has 4 fully saturated rings. The van der Waals surface area contributed by atoms with Gasteiger partial charge in [-0.3, -0.25) is 9.69 Å². The number of ketones is 1. The monoisotopic (exact) mass is 640 g/mol. The van der Waals surface area contributed by atoms with Gasteiger partial charge in [-0.2, -0.15) is 0 Å². The molecule has 8 atom stereocenters. The first-order valence-electron chi connectivity index (χ1n) is 17.7. The van der Waals surface area contributed by atoms with Crippen LogP contribution in [0.4, 0.5) is 10.1 Å². The quantitative estimate of drug-likeness (QED) is 0.280. The van der Waals surface area contributed by atoms with E-state index in [9.17, 15) is 19.4 Å². The lowest BCUT2D eigenvalue weighted by atomic mass is 9.32. The predicted molar refractivity (Wildman–Crippen MR) is 181 cm³/mol. The molecule has 2 aromatic rings. The van der Waals surface area contributed by atoms with Crippen LogP contribution in [0.25, 0.3) is 0 Å². The molecule has 250 valence electrons. The van der Waals surface area contributed by atoms with Crippen LogP contribution in [0.5, 0.6) is 5.75 Å². The van der Waals surface area contributed by atoms with Gasteiger partial charge in [-0.15, -0.1) is 0 Å². The fraction of sp³-hybridized carbons (Fsp3) is 0.575. The number of hydrogen-bond acceptors (Lipinski definition) is 6. The van der Waals surface area contributed by atoms with Crippen molar-refractivity contribution < 1.29 is 24.1 Å². The second-order valence-corrected chi connectivity index (χ2v) is 16.1. The number of anilines is 1. The third-order valence-electron chi connectivity index (χ3n) is 14.4. The molecule has 2 bridgehead atoms. The molecule has 3 saturated carbocycles. The van der Waals surface area contributed by atoms with Gasteiger partial charge < -0.3 is 19.8 Å². The van der Waals surface area contributed by atoms with Crippen molar-refractivity contribution in [1.82, 2.24) is 4.90 Å². The van der Waals surface area contributed by atoms with E-state index in [1.807, 2.05) is 36.4 Å². The number of β-amino-alcohol motifs (C(OH)–C–C–N with tert-alkyl or cyclic N) is 1. The number of ether oxygens (including phenoxy) is 1. The van der Waals surface area contributed by atoms with Crippen LogP contribution in [0.15, 0.2) is 72.3 Å². The molecule has 0 aromatic heterocycles. The topological polar surface area (TPSA) is 73.2 Å². The minimum Gasteiger partial charge on any atom is -0.497 e. The summed E-state index contributed by atoms with van der Waals surface area (Å²) in [5, 5.41) is 23.7. The molecular weight excluding hydrogens is 591 g/mol. The van der Waals surface area contributed by atoms with Crippen LogP contribution >= 0.6 is 0 Å². The summed E-state index contributed by atoms with van der Waals surface area (Å²) < 4.78 is 18.9. The highest BCUT2D eigenvalue weighted by atomic mass is 19.1. The van der Waals surface area contributed by atoms with E-state index in [0.29, 0.717) is 18.5 Å².